The molecule has 2 heterocycles. The van der Waals surface area contributed by atoms with Crippen molar-refractivity contribution in [2.45, 2.75) is 13.0 Å². The van der Waals surface area contributed by atoms with Crippen LogP contribution in [0.3, 0.4) is 0 Å². The number of aromatic nitrogens is 3. The minimum atomic E-state index is -0.396. The molecule has 1 atom stereocenters. The highest BCUT2D eigenvalue weighted by Crippen LogP contribution is 2.32. The molecule has 3 rings (SSSR count). The van der Waals surface area contributed by atoms with E-state index in [0.717, 1.165) is 16.6 Å². The second-order valence-electron chi connectivity index (χ2n) is 4.71. The Hall–Kier alpha value is -2.96. The van der Waals surface area contributed by atoms with E-state index >= 15 is 0 Å². The molecule has 0 aliphatic heterocycles. The Morgan fingerprint density at radius 2 is 2.14 bits per heavy atom. The van der Waals surface area contributed by atoms with E-state index in [0.29, 0.717) is 5.39 Å². The van der Waals surface area contributed by atoms with Crippen LogP contribution in [0.1, 0.15) is 18.5 Å². The molecule has 3 aromatic rings. The van der Waals surface area contributed by atoms with Gasteiger partial charge in [-0.15, -0.1) is 0 Å². The highest BCUT2D eigenvalue weighted by molar-refractivity contribution is 5.99. The molecule has 0 fully saturated rings. The number of H-pyrrole nitrogens is 1. The summed E-state index contributed by atoms with van der Waals surface area (Å²) in [4.78, 5) is 14.7. The lowest BCUT2D eigenvalue weighted by molar-refractivity contribution is -0.383. The number of benzene rings is 1. The number of fused-ring (bicyclic) bond motifs is 1. The van der Waals surface area contributed by atoms with Crippen LogP contribution in [0.2, 0.25) is 0 Å². The molecule has 0 radical (unpaired) electrons. The summed E-state index contributed by atoms with van der Waals surface area (Å²) in [5, 5.41) is 22.4. The first-order valence-electron chi connectivity index (χ1n) is 6.43. The third-order valence-electron chi connectivity index (χ3n) is 3.38. The molecule has 0 spiro atoms. The van der Waals surface area contributed by atoms with Crippen molar-refractivity contribution in [1.82, 2.24) is 15.2 Å². The first-order valence-corrected chi connectivity index (χ1v) is 6.43. The Bertz CT molecular complexity index is 785. The van der Waals surface area contributed by atoms with Crippen LogP contribution in [0.25, 0.3) is 10.8 Å². The van der Waals surface area contributed by atoms with Gasteiger partial charge >= 0.3 is 0 Å². The van der Waals surface area contributed by atoms with Gasteiger partial charge in [0.1, 0.15) is 0 Å². The number of aromatic amines is 1. The molecular weight excluding hydrogens is 270 g/mol. The Kier molecular flexibility index (Phi) is 3.23. The van der Waals surface area contributed by atoms with Gasteiger partial charge in [0.15, 0.2) is 0 Å². The highest BCUT2D eigenvalue weighted by atomic mass is 16.6. The number of anilines is 1. The molecule has 0 aliphatic rings. The van der Waals surface area contributed by atoms with Gasteiger partial charge in [-0.1, -0.05) is 0 Å². The number of non-ortho nitro benzene ring substituents is 1. The molecule has 0 aliphatic carbocycles. The molecule has 1 aromatic carbocycles. The Balaban J connectivity index is 2.04. The monoisotopic (exact) mass is 283 g/mol. The fourth-order valence-electron chi connectivity index (χ4n) is 2.27. The molecule has 7 heteroatoms. The molecule has 7 nitrogen and oxygen atoms in total. The number of nitrogens with zero attached hydrogens (tertiary/aromatic N) is 3. The van der Waals surface area contributed by atoms with E-state index in [-0.39, 0.29) is 11.7 Å². The van der Waals surface area contributed by atoms with Crippen molar-refractivity contribution in [3.63, 3.8) is 0 Å². The van der Waals surface area contributed by atoms with Crippen molar-refractivity contribution in [3.8, 4) is 0 Å². The molecule has 0 amide bonds. The summed E-state index contributed by atoms with van der Waals surface area (Å²) < 4.78 is 0. The predicted octanol–water partition coefficient (Wildman–Crippen LogP) is 3.04. The zero-order valence-corrected chi connectivity index (χ0v) is 11.3. The van der Waals surface area contributed by atoms with Crippen LogP contribution in [0.15, 0.2) is 43.0 Å². The molecule has 1 unspecified atom stereocenters. The predicted molar refractivity (Wildman–Crippen MR) is 79.0 cm³/mol. The second kappa shape index (κ2) is 5.20. The number of rotatable bonds is 4. The van der Waals surface area contributed by atoms with E-state index < -0.39 is 4.92 Å². The minimum Gasteiger partial charge on any atom is -0.378 e. The molecule has 0 saturated carbocycles. The van der Waals surface area contributed by atoms with Gasteiger partial charge in [-0.05, 0) is 19.1 Å². The van der Waals surface area contributed by atoms with Gasteiger partial charge in [0.25, 0.3) is 5.69 Å². The average Bonchev–Trinajstić information content (AvgIpc) is 3.01. The number of nitrogens with one attached hydrogen (secondary N) is 2. The lowest BCUT2D eigenvalue weighted by atomic mass is 10.1. The van der Waals surface area contributed by atoms with Crippen LogP contribution in [0.5, 0.6) is 0 Å². The smallest absolute Gasteiger partial charge is 0.278 e. The Morgan fingerprint density at radius 3 is 2.86 bits per heavy atom. The first-order chi connectivity index (χ1) is 10.2. The Morgan fingerprint density at radius 1 is 1.29 bits per heavy atom. The number of hydrogen-bond acceptors (Lipinski definition) is 5. The lowest BCUT2D eigenvalue weighted by Gasteiger charge is -2.15. The summed E-state index contributed by atoms with van der Waals surface area (Å²) in [7, 11) is 0. The van der Waals surface area contributed by atoms with Crippen LogP contribution in [0, 0.1) is 10.1 Å². The van der Waals surface area contributed by atoms with Gasteiger partial charge in [-0.3, -0.25) is 20.2 Å². The topological polar surface area (TPSA) is 96.7 Å². The van der Waals surface area contributed by atoms with Crippen molar-refractivity contribution >= 4 is 22.1 Å². The van der Waals surface area contributed by atoms with Crippen molar-refractivity contribution in [2.24, 2.45) is 0 Å². The number of hydrogen-bond donors (Lipinski definition) is 2. The third-order valence-corrected chi connectivity index (χ3v) is 3.38. The minimum absolute atomic E-state index is 0.0292. The lowest BCUT2D eigenvalue weighted by Crippen LogP contribution is -2.06. The highest BCUT2D eigenvalue weighted by Gasteiger charge is 2.15. The summed E-state index contributed by atoms with van der Waals surface area (Å²) in [5.41, 5.74) is 1.89. The van der Waals surface area contributed by atoms with E-state index in [4.69, 9.17) is 0 Å². The first kappa shape index (κ1) is 13.0. The fraction of sp³-hybridized carbons (Fsp3) is 0.143. The molecule has 2 N–H and O–H groups in total. The van der Waals surface area contributed by atoms with E-state index in [1.807, 2.05) is 13.1 Å². The molecule has 0 bridgehead atoms. The Labute approximate surface area is 120 Å². The quantitative estimate of drug-likeness (QED) is 0.566. The van der Waals surface area contributed by atoms with Gasteiger partial charge in [0.05, 0.1) is 22.5 Å². The maximum Gasteiger partial charge on any atom is 0.278 e. The normalized spacial score (nSPS) is 12.2. The summed E-state index contributed by atoms with van der Waals surface area (Å²) >= 11 is 0. The van der Waals surface area contributed by atoms with E-state index in [2.05, 4.69) is 20.5 Å². The summed E-state index contributed by atoms with van der Waals surface area (Å²) in [5.74, 6) is 0. The SMILES string of the molecule is CC(Nc1ccc([N+](=O)[O-])c2cnccc12)c1cn[nH]c1. The number of pyridine rings is 1. The van der Waals surface area contributed by atoms with Gasteiger partial charge in [-0.2, -0.15) is 5.10 Å². The standard InChI is InChI=1S/C14H13N5O2/c1-9(10-6-16-17-7-10)18-13-2-3-14(19(20)21)12-8-15-5-4-11(12)13/h2-9,18H,1H3,(H,16,17). The zero-order chi connectivity index (χ0) is 14.8. The van der Waals surface area contributed by atoms with Gasteiger partial charge in [0.2, 0.25) is 0 Å². The molecular formula is C14H13N5O2. The third kappa shape index (κ3) is 2.40. The largest absolute Gasteiger partial charge is 0.378 e. The summed E-state index contributed by atoms with van der Waals surface area (Å²) in [6, 6.07) is 5.01. The van der Waals surface area contributed by atoms with E-state index in [1.54, 1.807) is 24.5 Å². The number of nitro benzene ring substituents is 1. The second-order valence-corrected chi connectivity index (χ2v) is 4.71. The van der Waals surface area contributed by atoms with Crippen LogP contribution in [-0.2, 0) is 0 Å². The van der Waals surface area contributed by atoms with Crippen LogP contribution in [0.4, 0.5) is 11.4 Å². The molecule has 2 aromatic heterocycles. The van der Waals surface area contributed by atoms with Crippen LogP contribution in [-0.4, -0.2) is 20.1 Å². The summed E-state index contributed by atoms with van der Waals surface area (Å²) in [6.07, 6.45) is 6.69. The maximum atomic E-state index is 11.1. The maximum absolute atomic E-state index is 11.1. The zero-order valence-electron chi connectivity index (χ0n) is 11.3. The van der Waals surface area contributed by atoms with Crippen molar-refractivity contribution in [2.75, 3.05) is 5.32 Å². The fourth-order valence-corrected chi connectivity index (χ4v) is 2.27. The van der Waals surface area contributed by atoms with E-state index in [9.17, 15) is 10.1 Å². The average molecular weight is 283 g/mol. The van der Waals surface area contributed by atoms with Crippen molar-refractivity contribution in [1.29, 1.82) is 0 Å². The van der Waals surface area contributed by atoms with Gasteiger partial charge in [0, 0.05) is 41.3 Å². The van der Waals surface area contributed by atoms with Crippen molar-refractivity contribution < 1.29 is 4.92 Å². The van der Waals surface area contributed by atoms with Gasteiger partial charge < -0.3 is 5.32 Å². The van der Waals surface area contributed by atoms with Gasteiger partial charge in [-0.25, -0.2) is 0 Å². The van der Waals surface area contributed by atoms with Crippen LogP contribution < -0.4 is 5.32 Å². The molecule has 106 valence electrons. The van der Waals surface area contributed by atoms with E-state index in [1.165, 1.54) is 12.3 Å². The molecule has 21 heavy (non-hydrogen) atoms. The summed E-state index contributed by atoms with van der Waals surface area (Å²) in [6.45, 7) is 2.00. The van der Waals surface area contributed by atoms with Crippen LogP contribution >= 0.6 is 0 Å². The molecule has 0 saturated heterocycles. The number of nitro groups is 1. The van der Waals surface area contributed by atoms with Crippen molar-refractivity contribution in [3.05, 3.63) is 58.7 Å².